The molecular formula is C16H16BrN3O. The van der Waals surface area contributed by atoms with Gasteiger partial charge in [0.25, 0.3) is 0 Å². The molecule has 0 radical (unpaired) electrons. The van der Waals surface area contributed by atoms with E-state index in [2.05, 4.69) is 26.6 Å². The number of fused-ring (bicyclic) bond motifs is 1. The summed E-state index contributed by atoms with van der Waals surface area (Å²) in [5.41, 5.74) is 9.77. The lowest BCUT2D eigenvalue weighted by Crippen LogP contribution is -1.96. The zero-order valence-corrected chi connectivity index (χ0v) is 13.5. The van der Waals surface area contributed by atoms with E-state index in [0.717, 1.165) is 38.2 Å². The van der Waals surface area contributed by atoms with Crippen LogP contribution in [0.4, 0.5) is 0 Å². The summed E-state index contributed by atoms with van der Waals surface area (Å²) in [7, 11) is 3.68. The van der Waals surface area contributed by atoms with Gasteiger partial charge in [0.2, 0.25) is 0 Å². The minimum absolute atomic E-state index is 0.517. The minimum atomic E-state index is 0.517. The summed E-state index contributed by atoms with van der Waals surface area (Å²) < 4.78 is 8.52. The molecule has 0 fully saturated rings. The summed E-state index contributed by atoms with van der Waals surface area (Å²) in [6.45, 7) is 0.517. The molecule has 3 aromatic rings. The van der Waals surface area contributed by atoms with E-state index in [-0.39, 0.29) is 0 Å². The van der Waals surface area contributed by atoms with E-state index in [4.69, 9.17) is 15.5 Å². The number of nitrogens with zero attached hydrogens (tertiary/aromatic N) is 2. The first-order valence-electron chi connectivity index (χ1n) is 6.63. The predicted molar refractivity (Wildman–Crippen MR) is 88.3 cm³/mol. The van der Waals surface area contributed by atoms with Gasteiger partial charge in [0, 0.05) is 18.1 Å². The number of hydrogen-bond acceptors (Lipinski definition) is 3. The molecule has 0 saturated carbocycles. The quantitative estimate of drug-likeness (QED) is 0.790. The second-order valence-corrected chi connectivity index (χ2v) is 5.78. The maximum Gasteiger partial charge on any atom is 0.144 e. The molecule has 1 aromatic heterocycles. The summed E-state index contributed by atoms with van der Waals surface area (Å²) in [5.74, 6) is 1.67. The average molecular weight is 346 g/mol. The highest BCUT2D eigenvalue weighted by atomic mass is 79.9. The number of imidazole rings is 1. The Hall–Kier alpha value is -1.85. The zero-order chi connectivity index (χ0) is 15.0. The van der Waals surface area contributed by atoms with Crippen molar-refractivity contribution in [1.82, 2.24) is 9.55 Å². The van der Waals surface area contributed by atoms with Crippen molar-refractivity contribution in [2.75, 3.05) is 7.11 Å². The van der Waals surface area contributed by atoms with Gasteiger partial charge in [0.1, 0.15) is 11.6 Å². The van der Waals surface area contributed by atoms with Gasteiger partial charge in [-0.15, -0.1) is 0 Å². The molecule has 0 amide bonds. The molecule has 2 N–H and O–H groups in total. The summed E-state index contributed by atoms with van der Waals surface area (Å²) in [4.78, 5) is 4.74. The highest BCUT2D eigenvalue weighted by Gasteiger charge is 2.14. The fourth-order valence-electron chi connectivity index (χ4n) is 2.46. The molecule has 5 heteroatoms. The van der Waals surface area contributed by atoms with Crippen molar-refractivity contribution in [1.29, 1.82) is 0 Å². The Kier molecular flexibility index (Phi) is 3.69. The first kappa shape index (κ1) is 14.1. The van der Waals surface area contributed by atoms with E-state index in [0.29, 0.717) is 6.54 Å². The molecule has 0 bridgehead atoms. The standard InChI is InChI=1S/C16H16BrN3O/c1-20-14-6-3-10(9-18)7-13(14)19-16(20)12-5-4-11(17)8-15(12)21-2/h3-8H,9,18H2,1-2H3. The largest absolute Gasteiger partial charge is 0.496 e. The molecule has 0 aliphatic carbocycles. The monoisotopic (exact) mass is 345 g/mol. The second kappa shape index (κ2) is 5.50. The maximum absolute atomic E-state index is 5.70. The van der Waals surface area contributed by atoms with E-state index < -0.39 is 0 Å². The van der Waals surface area contributed by atoms with Crippen LogP contribution < -0.4 is 10.5 Å². The number of nitrogens with two attached hydrogens (primary N) is 1. The fraction of sp³-hybridized carbons (Fsp3) is 0.188. The summed E-state index contributed by atoms with van der Waals surface area (Å²) >= 11 is 3.46. The lowest BCUT2D eigenvalue weighted by atomic mass is 10.2. The third-order valence-electron chi connectivity index (χ3n) is 3.59. The second-order valence-electron chi connectivity index (χ2n) is 4.87. The first-order chi connectivity index (χ1) is 10.1. The van der Waals surface area contributed by atoms with Gasteiger partial charge in [-0.05, 0) is 35.9 Å². The third kappa shape index (κ3) is 2.43. The molecule has 4 nitrogen and oxygen atoms in total. The number of ether oxygens (including phenoxy) is 1. The van der Waals surface area contributed by atoms with Gasteiger partial charge in [-0.2, -0.15) is 0 Å². The number of aromatic nitrogens is 2. The molecule has 1 heterocycles. The first-order valence-corrected chi connectivity index (χ1v) is 7.42. The van der Waals surface area contributed by atoms with E-state index in [1.165, 1.54) is 0 Å². The van der Waals surface area contributed by atoms with Crippen LogP contribution in [0.15, 0.2) is 40.9 Å². The van der Waals surface area contributed by atoms with Crippen molar-refractivity contribution < 1.29 is 4.74 Å². The van der Waals surface area contributed by atoms with Crippen LogP contribution in [-0.4, -0.2) is 16.7 Å². The summed E-state index contributed by atoms with van der Waals surface area (Å²) in [6, 6.07) is 12.1. The smallest absolute Gasteiger partial charge is 0.144 e. The molecule has 3 rings (SSSR count). The number of rotatable bonds is 3. The highest BCUT2D eigenvalue weighted by molar-refractivity contribution is 9.10. The number of methoxy groups -OCH3 is 1. The Morgan fingerprint density at radius 3 is 2.76 bits per heavy atom. The molecular weight excluding hydrogens is 330 g/mol. The fourth-order valence-corrected chi connectivity index (χ4v) is 2.80. The molecule has 108 valence electrons. The predicted octanol–water partition coefficient (Wildman–Crippen LogP) is 3.47. The molecule has 21 heavy (non-hydrogen) atoms. The zero-order valence-electron chi connectivity index (χ0n) is 11.9. The Morgan fingerprint density at radius 1 is 1.24 bits per heavy atom. The van der Waals surface area contributed by atoms with E-state index in [9.17, 15) is 0 Å². The van der Waals surface area contributed by atoms with Crippen molar-refractivity contribution in [3.05, 3.63) is 46.4 Å². The molecule has 2 aromatic carbocycles. The van der Waals surface area contributed by atoms with Crippen molar-refractivity contribution in [3.63, 3.8) is 0 Å². The van der Waals surface area contributed by atoms with Gasteiger partial charge in [-0.25, -0.2) is 4.98 Å². The molecule has 0 spiro atoms. The lowest BCUT2D eigenvalue weighted by Gasteiger charge is -2.09. The molecule has 0 saturated heterocycles. The van der Waals surface area contributed by atoms with Crippen LogP contribution in [0.5, 0.6) is 5.75 Å². The Balaban J connectivity index is 2.23. The third-order valence-corrected chi connectivity index (χ3v) is 4.08. The van der Waals surface area contributed by atoms with Gasteiger partial charge in [0.15, 0.2) is 0 Å². The number of aryl methyl sites for hydroxylation is 1. The van der Waals surface area contributed by atoms with Crippen LogP contribution in [-0.2, 0) is 13.6 Å². The van der Waals surface area contributed by atoms with Gasteiger partial charge < -0.3 is 15.0 Å². The van der Waals surface area contributed by atoms with Crippen LogP contribution >= 0.6 is 15.9 Å². The summed E-state index contributed by atoms with van der Waals surface area (Å²) in [6.07, 6.45) is 0. The van der Waals surface area contributed by atoms with Crippen molar-refractivity contribution in [2.24, 2.45) is 12.8 Å². The normalized spacial score (nSPS) is 11.0. The van der Waals surface area contributed by atoms with Crippen molar-refractivity contribution in [2.45, 2.75) is 6.54 Å². The van der Waals surface area contributed by atoms with Crippen LogP contribution in [0.25, 0.3) is 22.4 Å². The van der Waals surface area contributed by atoms with Crippen LogP contribution in [0.3, 0.4) is 0 Å². The summed E-state index contributed by atoms with van der Waals surface area (Å²) in [5, 5.41) is 0. The molecule has 0 aliphatic rings. The van der Waals surface area contributed by atoms with E-state index in [1.54, 1.807) is 7.11 Å². The van der Waals surface area contributed by atoms with E-state index in [1.807, 2.05) is 37.4 Å². The highest BCUT2D eigenvalue weighted by Crippen LogP contribution is 2.33. The number of halogens is 1. The topological polar surface area (TPSA) is 53.1 Å². The maximum atomic E-state index is 5.70. The van der Waals surface area contributed by atoms with Gasteiger partial charge in [-0.1, -0.05) is 22.0 Å². The van der Waals surface area contributed by atoms with Crippen LogP contribution in [0, 0.1) is 0 Å². The van der Waals surface area contributed by atoms with Gasteiger partial charge in [-0.3, -0.25) is 0 Å². The Labute approximate surface area is 131 Å². The van der Waals surface area contributed by atoms with Crippen molar-refractivity contribution >= 4 is 27.0 Å². The Morgan fingerprint density at radius 2 is 2.05 bits per heavy atom. The number of hydrogen-bond donors (Lipinski definition) is 1. The Bertz CT molecular complexity index is 811. The average Bonchev–Trinajstić information content (AvgIpc) is 2.83. The van der Waals surface area contributed by atoms with Crippen LogP contribution in [0.1, 0.15) is 5.56 Å². The number of benzene rings is 2. The van der Waals surface area contributed by atoms with Gasteiger partial charge >= 0.3 is 0 Å². The molecule has 0 aliphatic heterocycles. The minimum Gasteiger partial charge on any atom is -0.496 e. The van der Waals surface area contributed by atoms with E-state index >= 15 is 0 Å². The molecule has 0 unspecified atom stereocenters. The van der Waals surface area contributed by atoms with Crippen LogP contribution in [0.2, 0.25) is 0 Å². The molecule has 0 atom stereocenters. The van der Waals surface area contributed by atoms with Crippen molar-refractivity contribution in [3.8, 4) is 17.1 Å². The van der Waals surface area contributed by atoms with Gasteiger partial charge in [0.05, 0.1) is 23.7 Å². The lowest BCUT2D eigenvalue weighted by molar-refractivity contribution is 0.415. The SMILES string of the molecule is COc1cc(Br)ccc1-c1nc2cc(CN)ccc2n1C.